The predicted octanol–water partition coefficient (Wildman–Crippen LogP) is 6.62. The first-order valence-electron chi connectivity index (χ1n) is 13.0. The van der Waals surface area contributed by atoms with Crippen LogP contribution in [-0.4, -0.2) is 24.2 Å². The van der Waals surface area contributed by atoms with Crippen molar-refractivity contribution in [3.8, 4) is 22.6 Å². The molecule has 3 atom stereocenters. The molecule has 1 amide bonds. The van der Waals surface area contributed by atoms with Crippen LogP contribution in [0, 0.1) is 17.6 Å². The van der Waals surface area contributed by atoms with Gasteiger partial charge in [-0.05, 0) is 83.6 Å². The van der Waals surface area contributed by atoms with Crippen LogP contribution in [0.2, 0.25) is 0 Å². The minimum Gasteiger partial charge on any atom is -0.486 e. The van der Waals surface area contributed by atoms with Crippen LogP contribution in [0.4, 0.5) is 14.5 Å². The molecule has 2 heterocycles. The summed E-state index contributed by atoms with van der Waals surface area (Å²) >= 11 is 0. The second-order valence-electron chi connectivity index (χ2n) is 9.86. The molecule has 0 bridgehead atoms. The molecule has 0 aliphatic carbocycles. The zero-order valence-electron chi connectivity index (χ0n) is 21.1. The van der Waals surface area contributed by atoms with Gasteiger partial charge in [0.15, 0.2) is 11.5 Å². The molecule has 6 rings (SSSR count). The first-order chi connectivity index (χ1) is 19.0. The molecule has 4 aromatic rings. The predicted molar refractivity (Wildman–Crippen MR) is 144 cm³/mol. The summed E-state index contributed by atoms with van der Waals surface area (Å²) in [6.45, 7) is 1.05. The third-order valence-corrected chi connectivity index (χ3v) is 7.45. The number of carbonyl (C=O) groups excluding carboxylic acids is 1. The van der Waals surface area contributed by atoms with Crippen molar-refractivity contribution in [2.24, 2.45) is 5.92 Å². The Balaban J connectivity index is 1.25. The Morgan fingerprint density at radius 1 is 0.795 bits per heavy atom. The van der Waals surface area contributed by atoms with Crippen LogP contribution in [0.25, 0.3) is 11.1 Å². The zero-order chi connectivity index (χ0) is 26.9. The molecule has 1 N–H and O–H groups in total. The number of ether oxygens (including phenoxy) is 2. The quantitative estimate of drug-likeness (QED) is 0.275. The minimum absolute atomic E-state index is 0.0752. The molecular formula is C32H27F2NO4. The van der Waals surface area contributed by atoms with Gasteiger partial charge in [-0.3, -0.25) is 4.79 Å². The van der Waals surface area contributed by atoms with E-state index in [1.54, 1.807) is 29.2 Å². The van der Waals surface area contributed by atoms with Crippen LogP contribution in [0.15, 0.2) is 91.0 Å². The van der Waals surface area contributed by atoms with Crippen molar-refractivity contribution >= 4 is 11.6 Å². The number of benzene rings is 4. The summed E-state index contributed by atoms with van der Waals surface area (Å²) in [5.74, 6) is 0.282. The third kappa shape index (κ3) is 4.98. The van der Waals surface area contributed by atoms with E-state index < -0.39 is 6.10 Å². The Morgan fingerprint density at radius 3 is 2.10 bits per heavy atom. The van der Waals surface area contributed by atoms with Crippen LogP contribution >= 0.6 is 0 Å². The maximum absolute atomic E-state index is 13.6. The number of aliphatic hydroxyl groups is 1. The molecule has 4 aromatic carbocycles. The molecule has 1 saturated heterocycles. The summed E-state index contributed by atoms with van der Waals surface area (Å²) in [5, 5.41) is 10.7. The Morgan fingerprint density at radius 2 is 1.41 bits per heavy atom. The van der Waals surface area contributed by atoms with Gasteiger partial charge in [-0.15, -0.1) is 0 Å². The van der Waals surface area contributed by atoms with Gasteiger partial charge in [-0.1, -0.05) is 42.5 Å². The summed E-state index contributed by atoms with van der Waals surface area (Å²) in [5.41, 5.74) is 4.17. The number of fused-ring (bicyclic) bond motifs is 1. The minimum atomic E-state index is -0.809. The van der Waals surface area contributed by atoms with E-state index in [0.717, 1.165) is 28.2 Å². The van der Waals surface area contributed by atoms with E-state index in [1.807, 2.05) is 42.5 Å². The number of anilines is 1. The second kappa shape index (κ2) is 10.5. The summed E-state index contributed by atoms with van der Waals surface area (Å²) in [7, 11) is 0. The number of amides is 1. The van der Waals surface area contributed by atoms with E-state index in [1.165, 1.54) is 24.3 Å². The number of carbonyl (C=O) groups is 1. The van der Waals surface area contributed by atoms with Gasteiger partial charge in [0.1, 0.15) is 24.8 Å². The number of hydrogen-bond acceptors (Lipinski definition) is 4. The number of β-lactam (4-membered cyclic amide) rings is 1. The standard InChI is InChI=1S/C32H27F2NO4/c33-24-8-5-21(6-9-24)28(36)15-14-27-31(35(32(27)37)26-12-10-25(34)11-13-26)22-3-1-20(2-4-22)23-7-16-29-30(19-23)39-18-17-38-29/h1-13,16,19,27-28,31,36H,14-15,17-18H2/t27-,28+,31-/m1/s1. The van der Waals surface area contributed by atoms with Crippen LogP contribution in [-0.2, 0) is 4.79 Å². The van der Waals surface area contributed by atoms with Gasteiger partial charge in [0.05, 0.1) is 18.1 Å². The van der Waals surface area contributed by atoms with Crippen LogP contribution in [0.5, 0.6) is 11.5 Å². The SMILES string of the molecule is O=C1[C@H](CC[C@H](O)c2ccc(F)cc2)[C@@H](c2ccc(-c3ccc4c(c3)OCCO4)cc2)N1c1ccc(F)cc1. The highest BCUT2D eigenvalue weighted by Crippen LogP contribution is 2.46. The first kappa shape index (κ1) is 25.1. The molecule has 0 radical (unpaired) electrons. The fraction of sp³-hybridized carbons (Fsp3) is 0.219. The Bertz CT molecular complexity index is 1470. The zero-order valence-corrected chi connectivity index (χ0v) is 21.1. The van der Waals surface area contributed by atoms with Gasteiger partial charge in [0.2, 0.25) is 5.91 Å². The Labute approximate surface area is 225 Å². The summed E-state index contributed by atoms with van der Waals surface area (Å²) in [6, 6.07) is 25.3. The third-order valence-electron chi connectivity index (χ3n) is 7.45. The summed E-state index contributed by atoms with van der Waals surface area (Å²) in [4.78, 5) is 15.0. The Hall–Kier alpha value is -4.23. The number of halogens is 2. The number of rotatable bonds is 7. The van der Waals surface area contributed by atoms with Crippen molar-refractivity contribution in [2.45, 2.75) is 25.0 Å². The topological polar surface area (TPSA) is 59.0 Å². The van der Waals surface area contributed by atoms with Crippen molar-refractivity contribution < 1.29 is 28.2 Å². The molecule has 0 unspecified atom stereocenters. The lowest BCUT2D eigenvalue weighted by atomic mass is 9.78. The van der Waals surface area contributed by atoms with Crippen molar-refractivity contribution in [1.29, 1.82) is 0 Å². The van der Waals surface area contributed by atoms with E-state index in [4.69, 9.17) is 9.47 Å². The highest BCUT2D eigenvalue weighted by Gasteiger charge is 2.48. The molecule has 5 nitrogen and oxygen atoms in total. The smallest absolute Gasteiger partial charge is 0.233 e. The highest BCUT2D eigenvalue weighted by molar-refractivity contribution is 6.03. The maximum Gasteiger partial charge on any atom is 0.233 e. The lowest BCUT2D eigenvalue weighted by molar-refractivity contribution is -0.131. The average Bonchev–Trinajstić information content (AvgIpc) is 2.97. The summed E-state index contributed by atoms with van der Waals surface area (Å²) in [6.07, 6.45) is -0.00847. The molecule has 198 valence electrons. The normalized spacial score (nSPS) is 18.9. The molecule has 39 heavy (non-hydrogen) atoms. The number of hydrogen-bond donors (Lipinski definition) is 1. The second-order valence-corrected chi connectivity index (χ2v) is 9.86. The fourth-order valence-electron chi connectivity index (χ4n) is 5.39. The van der Waals surface area contributed by atoms with E-state index in [2.05, 4.69) is 0 Å². The number of aliphatic hydroxyl groups excluding tert-OH is 1. The molecule has 0 spiro atoms. The maximum atomic E-state index is 13.6. The molecule has 1 fully saturated rings. The molecule has 0 aromatic heterocycles. The van der Waals surface area contributed by atoms with Gasteiger partial charge in [-0.2, -0.15) is 0 Å². The van der Waals surface area contributed by atoms with Crippen molar-refractivity contribution in [3.05, 3.63) is 114 Å². The van der Waals surface area contributed by atoms with Gasteiger partial charge in [0.25, 0.3) is 0 Å². The van der Waals surface area contributed by atoms with Crippen molar-refractivity contribution in [1.82, 2.24) is 0 Å². The van der Waals surface area contributed by atoms with E-state index in [0.29, 0.717) is 37.3 Å². The largest absolute Gasteiger partial charge is 0.486 e. The van der Waals surface area contributed by atoms with E-state index >= 15 is 0 Å². The molecule has 2 aliphatic heterocycles. The lowest BCUT2D eigenvalue weighted by Gasteiger charge is -2.48. The van der Waals surface area contributed by atoms with Crippen LogP contribution in [0.1, 0.15) is 36.1 Å². The van der Waals surface area contributed by atoms with E-state index in [9.17, 15) is 18.7 Å². The lowest BCUT2D eigenvalue weighted by Crippen LogP contribution is -2.55. The molecule has 2 aliphatic rings. The molecule has 7 heteroatoms. The Kier molecular flexibility index (Phi) is 6.75. The monoisotopic (exact) mass is 527 g/mol. The van der Waals surface area contributed by atoms with Gasteiger partial charge >= 0.3 is 0 Å². The highest BCUT2D eigenvalue weighted by atomic mass is 19.1. The van der Waals surface area contributed by atoms with Gasteiger partial charge in [-0.25, -0.2) is 8.78 Å². The fourth-order valence-corrected chi connectivity index (χ4v) is 5.39. The van der Waals surface area contributed by atoms with Gasteiger partial charge in [0, 0.05) is 5.69 Å². The van der Waals surface area contributed by atoms with Crippen molar-refractivity contribution in [3.63, 3.8) is 0 Å². The van der Waals surface area contributed by atoms with Gasteiger partial charge < -0.3 is 19.5 Å². The van der Waals surface area contributed by atoms with Crippen molar-refractivity contribution in [2.75, 3.05) is 18.1 Å². The van der Waals surface area contributed by atoms with E-state index in [-0.39, 0.29) is 29.5 Å². The average molecular weight is 528 g/mol. The number of nitrogens with zero attached hydrogens (tertiary/aromatic N) is 1. The first-order valence-corrected chi connectivity index (χ1v) is 13.0. The summed E-state index contributed by atoms with van der Waals surface area (Å²) < 4.78 is 38.2. The van der Waals surface area contributed by atoms with Crippen LogP contribution < -0.4 is 14.4 Å². The van der Waals surface area contributed by atoms with Crippen LogP contribution in [0.3, 0.4) is 0 Å². The molecular weight excluding hydrogens is 500 g/mol. The molecule has 0 saturated carbocycles.